The molecule has 8 heteroatoms. The van der Waals surface area contributed by atoms with E-state index in [0.29, 0.717) is 23.1 Å². The highest BCUT2D eigenvalue weighted by Gasteiger charge is 2.26. The molecule has 1 saturated heterocycles. The molecule has 0 bridgehead atoms. The maximum atomic E-state index is 9.59. The number of hydrogen-bond acceptors (Lipinski definition) is 7. The molecule has 1 saturated carbocycles. The Morgan fingerprint density at radius 1 is 1.09 bits per heavy atom. The van der Waals surface area contributed by atoms with E-state index < -0.39 is 0 Å². The number of nitriles is 1. The van der Waals surface area contributed by atoms with Gasteiger partial charge in [-0.3, -0.25) is 0 Å². The molecule has 3 aromatic heterocycles. The van der Waals surface area contributed by atoms with Gasteiger partial charge in [0.25, 0.3) is 0 Å². The predicted octanol–water partition coefficient (Wildman–Crippen LogP) is 4.41. The molecule has 7 nitrogen and oxygen atoms in total. The number of nitrogens with zero attached hydrogens (tertiary/aromatic N) is 5. The summed E-state index contributed by atoms with van der Waals surface area (Å²) in [6.45, 7) is 1.08. The normalized spacial score (nSPS) is 17.5. The first-order valence-corrected chi connectivity index (χ1v) is 10.7. The number of aromatic nitrogens is 3. The molecule has 0 unspecified atom stereocenters. The van der Waals surface area contributed by atoms with Crippen LogP contribution in [0, 0.1) is 11.3 Å². The summed E-state index contributed by atoms with van der Waals surface area (Å²) in [6, 6.07) is 14.0. The summed E-state index contributed by atoms with van der Waals surface area (Å²) in [5, 5.41) is 22.0. The van der Waals surface area contributed by atoms with E-state index in [1.54, 1.807) is 18.3 Å². The van der Waals surface area contributed by atoms with Crippen molar-refractivity contribution in [2.75, 3.05) is 23.4 Å². The molecule has 3 aromatic rings. The SMILES string of the molecule is Cl.N#Cc1ccnc(Nc2cc(C3CC3)cc(-c3ccc(N4CCC[C@H]4CO)nc3)n2)c1. The lowest BCUT2D eigenvalue weighted by Gasteiger charge is -2.24. The minimum atomic E-state index is 0. The van der Waals surface area contributed by atoms with E-state index in [2.05, 4.69) is 38.4 Å². The topological polar surface area (TPSA) is 98.0 Å². The summed E-state index contributed by atoms with van der Waals surface area (Å²) in [5.41, 5.74) is 3.63. The van der Waals surface area contributed by atoms with Crippen molar-refractivity contribution < 1.29 is 5.11 Å². The summed E-state index contributed by atoms with van der Waals surface area (Å²) in [7, 11) is 0. The highest BCUT2D eigenvalue weighted by atomic mass is 35.5. The van der Waals surface area contributed by atoms with Crippen LogP contribution in [0.4, 0.5) is 17.5 Å². The summed E-state index contributed by atoms with van der Waals surface area (Å²) >= 11 is 0. The van der Waals surface area contributed by atoms with Gasteiger partial charge in [0.05, 0.1) is 30.0 Å². The minimum Gasteiger partial charge on any atom is -0.394 e. The van der Waals surface area contributed by atoms with Crippen molar-refractivity contribution in [2.24, 2.45) is 0 Å². The number of pyridine rings is 3. The Kier molecular flexibility index (Phi) is 6.54. The van der Waals surface area contributed by atoms with Gasteiger partial charge in [-0.05, 0) is 73.6 Å². The average molecular weight is 449 g/mol. The maximum absolute atomic E-state index is 9.59. The lowest BCUT2D eigenvalue weighted by Crippen LogP contribution is -2.32. The van der Waals surface area contributed by atoms with E-state index in [0.717, 1.165) is 36.5 Å². The van der Waals surface area contributed by atoms with Crippen LogP contribution in [0.2, 0.25) is 0 Å². The molecule has 4 heterocycles. The number of aliphatic hydroxyl groups is 1. The van der Waals surface area contributed by atoms with Gasteiger partial charge in [-0.1, -0.05) is 0 Å². The fourth-order valence-corrected chi connectivity index (χ4v) is 4.15. The largest absolute Gasteiger partial charge is 0.394 e. The van der Waals surface area contributed by atoms with Gasteiger partial charge in [-0.2, -0.15) is 5.26 Å². The second-order valence-electron chi connectivity index (χ2n) is 8.19. The van der Waals surface area contributed by atoms with Crippen molar-refractivity contribution in [1.29, 1.82) is 5.26 Å². The molecule has 0 aromatic carbocycles. The van der Waals surface area contributed by atoms with Crippen molar-refractivity contribution in [3.8, 4) is 17.3 Å². The van der Waals surface area contributed by atoms with E-state index in [-0.39, 0.29) is 25.1 Å². The third kappa shape index (κ3) is 4.67. The standard InChI is InChI=1S/C24H24N6O.ClH/c25-13-16-7-8-26-22(10-16)29-23-12-19(17-3-4-17)11-21(28-23)18-5-6-24(27-14-18)30-9-1-2-20(30)15-31;/h5-8,10-12,14,17,20,31H,1-4,9,15H2,(H,26,28,29);1H/t20-;/m0./s1. The van der Waals surface area contributed by atoms with Crippen LogP contribution in [0.1, 0.15) is 42.7 Å². The van der Waals surface area contributed by atoms with Crippen molar-refractivity contribution in [3.05, 3.63) is 59.9 Å². The molecule has 2 aliphatic rings. The average Bonchev–Trinajstić information content (AvgIpc) is 3.56. The van der Waals surface area contributed by atoms with Crippen molar-refractivity contribution in [1.82, 2.24) is 15.0 Å². The Balaban J connectivity index is 0.00000245. The van der Waals surface area contributed by atoms with Gasteiger partial charge < -0.3 is 15.3 Å². The third-order valence-electron chi connectivity index (χ3n) is 5.97. The molecule has 0 spiro atoms. The van der Waals surface area contributed by atoms with Crippen LogP contribution >= 0.6 is 12.4 Å². The third-order valence-corrected chi connectivity index (χ3v) is 5.97. The van der Waals surface area contributed by atoms with E-state index in [9.17, 15) is 5.11 Å². The van der Waals surface area contributed by atoms with Crippen LogP contribution in [0.15, 0.2) is 48.8 Å². The van der Waals surface area contributed by atoms with Gasteiger partial charge in [-0.25, -0.2) is 15.0 Å². The summed E-state index contributed by atoms with van der Waals surface area (Å²) in [4.78, 5) is 15.9. The molecule has 164 valence electrons. The van der Waals surface area contributed by atoms with Crippen LogP contribution in [0.25, 0.3) is 11.3 Å². The number of halogens is 1. The van der Waals surface area contributed by atoms with Crippen LogP contribution in [-0.2, 0) is 0 Å². The van der Waals surface area contributed by atoms with Crippen LogP contribution in [0.5, 0.6) is 0 Å². The summed E-state index contributed by atoms with van der Waals surface area (Å²) < 4.78 is 0. The number of anilines is 3. The van der Waals surface area contributed by atoms with Gasteiger partial charge in [0.2, 0.25) is 0 Å². The van der Waals surface area contributed by atoms with Gasteiger partial charge in [0, 0.05) is 24.5 Å². The van der Waals surface area contributed by atoms with Gasteiger partial charge in [0.1, 0.15) is 17.5 Å². The Bertz CT molecular complexity index is 1130. The highest BCUT2D eigenvalue weighted by Crippen LogP contribution is 2.42. The first-order chi connectivity index (χ1) is 15.2. The van der Waals surface area contributed by atoms with E-state index in [1.807, 2.05) is 18.3 Å². The van der Waals surface area contributed by atoms with Gasteiger partial charge in [-0.15, -0.1) is 12.4 Å². The molecule has 32 heavy (non-hydrogen) atoms. The summed E-state index contributed by atoms with van der Waals surface area (Å²) in [6.07, 6.45) is 7.95. The highest BCUT2D eigenvalue weighted by molar-refractivity contribution is 5.85. The minimum absolute atomic E-state index is 0. The van der Waals surface area contributed by atoms with E-state index in [1.165, 1.54) is 18.4 Å². The molecule has 1 atom stereocenters. The lowest BCUT2D eigenvalue weighted by atomic mass is 10.1. The van der Waals surface area contributed by atoms with Gasteiger partial charge >= 0.3 is 0 Å². The zero-order chi connectivity index (χ0) is 21.2. The maximum Gasteiger partial charge on any atom is 0.132 e. The zero-order valence-corrected chi connectivity index (χ0v) is 18.4. The van der Waals surface area contributed by atoms with Crippen LogP contribution in [0.3, 0.4) is 0 Å². The molecular formula is C24H25ClN6O. The lowest BCUT2D eigenvalue weighted by molar-refractivity contribution is 0.266. The zero-order valence-electron chi connectivity index (χ0n) is 17.6. The molecule has 0 radical (unpaired) electrons. The van der Waals surface area contributed by atoms with Crippen LogP contribution in [-0.4, -0.2) is 39.3 Å². The number of nitrogens with one attached hydrogen (secondary N) is 1. The second-order valence-corrected chi connectivity index (χ2v) is 8.19. The Labute approximate surface area is 193 Å². The molecule has 2 fully saturated rings. The fraction of sp³-hybridized carbons (Fsp3) is 0.333. The first-order valence-electron chi connectivity index (χ1n) is 10.7. The van der Waals surface area contributed by atoms with E-state index in [4.69, 9.17) is 10.2 Å². The Morgan fingerprint density at radius 2 is 1.97 bits per heavy atom. The molecular weight excluding hydrogens is 424 g/mol. The molecule has 0 amide bonds. The van der Waals surface area contributed by atoms with Crippen molar-refractivity contribution in [2.45, 2.75) is 37.6 Å². The Morgan fingerprint density at radius 3 is 2.69 bits per heavy atom. The number of rotatable bonds is 6. The Hall–Kier alpha value is -3.21. The second kappa shape index (κ2) is 9.51. The molecule has 2 N–H and O–H groups in total. The molecule has 5 rings (SSSR count). The van der Waals surface area contributed by atoms with Crippen LogP contribution < -0.4 is 10.2 Å². The van der Waals surface area contributed by atoms with Gasteiger partial charge in [0.15, 0.2) is 0 Å². The monoisotopic (exact) mass is 448 g/mol. The molecule has 1 aliphatic carbocycles. The predicted molar refractivity (Wildman–Crippen MR) is 126 cm³/mol. The fourth-order valence-electron chi connectivity index (χ4n) is 4.15. The van der Waals surface area contributed by atoms with Crippen molar-refractivity contribution in [3.63, 3.8) is 0 Å². The number of hydrogen-bond donors (Lipinski definition) is 2. The first kappa shape index (κ1) is 22.0. The van der Waals surface area contributed by atoms with E-state index >= 15 is 0 Å². The smallest absolute Gasteiger partial charge is 0.132 e. The molecule has 1 aliphatic heterocycles. The van der Waals surface area contributed by atoms with Crippen molar-refractivity contribution >= 4 is 29.9 Å². The summed E-state index contributed by atoms with van der Waals surface area (Å²) in [5.74, 6) is 2.78. The number of aliphatic hydroxyl groups excluding tert-OH is 1. The quantitative estimate of drug-likeness (QED) is 0.576.